The summed E-state index contributed by atoms with van der Waals surface area (Å²) >= 11 is 0. The molecule has 0 aromatic carbocycles. The van der Waals surface area contributed by atoms with Gasteiger partial charge in [0.2, 0.25) is 0 Å². The van der Waals surface area contributed by atoms with Gasteiger partial charge >= 0.3 is 6.03 Å². The molecule has 0 unspecified atom stereocenters. The van der Waals surface area contributed by atoms with Crippen molar-refractivity contribution in [2.75, 3.05) is 13.6 Å². The fourth-order valence-electron chi connectivity index (χ4n) is 0.301. The van der Waals surface area contributed by atoms with Crippen LogP contribution in [0.2, 0.25) is 0 Å². The van der Waals surface area contributed by atoms with Crippen LogP contribution >= 0.6 is 0 Å². The molecule has 2 amide bonds. The quantitative estimate of drug-likeness (QED) is 0.475. The van der Waals surface area contributed by atoms with E-state index in [-0.39, 0.29) is 6.03 Å². The standard InChI is InChI=1S/C6H10N2O/c1-3-4-5-8-6(9)7-2/h5H2,1-2H3,(H2,7,8,9). The molecule has 0 aliphatic heterocycles. The third kappa shape index (κ3) is 4.69. The van der Waals surface area contributed by atoms with Crippen LogP contribution < -0.4 is 10.6 Å². The number of nitrogens with one attached hydrogen (secondary N) is 2. The SMILES string of the molecule is CC#CCNC(=O)NC. The lowest BCUT2D eigenvalue weighted by atomic mass is 10.6. The van der Waals surface area contributed by atoms with E-state index in [2.05, 4.69) is 22.5 Å². The number of urea groups is 1. The zero-order chi connectivity index (χ0) is 7.11. The van der Waals surface area contributed by atoms with Crippen LogP contribution in [0, 0.1) is 11.8 Å². The molecule has 0 heterocycles. The molecule has 3 heteroatoms. The second-order valence-corrected chi connectivity index (χ2v) is 1.36. The Hall–Kier alpha value is -1.17. The first-order valence-corrected chi connectivity index (χ1v) is 2.66. The minimum atomic E-state index is -0.197. The predicted octanol–water partition coefficient (Wildman–Crippen LogP) is -0.0613. The Morgan fingerprint density at radius 2 is 2.33 bits per heavy atom. The molecule has 0 saturated carbocycles. The summed E-state index contributed by atoms with van der Waals surface area (Å²) in [5.74, 6) is 5.35. The molecule has 0 aromatic heterocycles. The molecule has 0 rings (SSSR count). The zero-order valence-corrected chi connectivity index (χ0v) is 5.62. The van der Waals surface area contributed by atoms with Crippen molar-refractivity contribution < 1.29 is 4.79 Å². The Labute approximate surface area is 54.8 Å². The van der Waals surface area contributed by atoms with Gasteiger partial charge in [-0.25, -0.2) is 4.79 Å². The van der Waals surface area contributed by atoms with Gasteiger partial charge < -0.3 is 10.6 Å². The number of amides is 2. The van der Waals surface area contributed by atoms with Crippen LogP contribution in [-0.2, 0) is 0 Å². The van der Waals surface area contributed by atoms with E-state index in [0.29, 0.717) is 6.54 Å². The summed E-state index contributed by atoms with van der Waals surface area (Å²) in [6.07, 6.45) is 0. The Kier molecular flexibility index (Phi) is 4.33. The third-order valence-corrected chi connectivity index (χ3v) is 0.741. The highest BCUT2D eigenvalue weighted by Crippen LogP contribution is 1.58. The lowest BCUT2D eigenvalue weighted by Gasteiger charge is -1.96. The van der Waals surface area contributed by atoms with E-state index in [1.807, 2.05) is 0 Å². The maximum Gasteiger partial charge on any atom is 0.315 e. The molecule has 9 heavy (non-hydrogen) atoms. The van der Waals surface area contributed by atoms with Crippen molar-refractivity contribution in [1.29, 1.82) is 0 Å². The van der Waals surface area contributed by atoms with E-state index in [1.54, 1.807) is 14.0 Å². The van der Waals surface area contributed by atoms with Crippen LogP contribution in [0.25, 0.3) is 0 Å². The number of carbonyl (C=O) groups excluding carboxylic acids is 1. The van der Waals surface area contributed by atoms with Gasteiger partial charge in [-0.15, -0.1) is 5.92 Å². The van der Waals surface area contributed by atoms with E-state index >= 15 is 0 Å². The normalized spacial score (nSPS) is 6.89. The lowest BCUT2D eigenvalue weighted by Crippen LogP contribution is -2.32. The summed E-state index contributed by atoms with van der Waals surface area (Å²) in [6.45, 7) is 2.14. The smallest absolute Gasteiger partial charge is 0.315 e. The molecular weight excluding hydrogens is 116 g/mol. The monoisotopic (exact) mass is 126 g/mol. The van der Waals surface area contributed by atoms with Gasteiger partial charge in [0.15, 0.2) is 0 Å². The summed E-state index contributed by atoms with van der Waals surface area (Å²) in [5, 5.41) is 4.92. The van der Waals surface area contributed by atoms with Gasteiger partial charge in [-0.2, -0.15) is 0 Å². The third-order valence-electron chi connectivity index (χ3n) is 0.741. The molecule has 0 aliphatic carbocycles. The molecule has 50 valence electrons. The molecular formula is C6H10N2O. The van der Waals surface area contributed by atoms with Crippen molar-refractivity contribution in [3.63, 3.8) is 0 Å². The molecule has 3 nitrogen and oxygen atoms in total. The summed E-state index contributed by atoms with van der Waals surface area (Å²) in [7, 11) is 1.56. The summed E-state index contributed by atoms with van der Waals surface area (Å²) < 4.78 is 0. The van der Waals surface area contributed by atoms with Crippen molar-refractivity contribution in [3.05, 3.63) is 0 Å². The van der Waals surface area contributed by atoms with Gasteiger partial charge in [0.1, 0.15) is 0 Å². The molecule has 0 aromatic rings. The molecule has 0 radical (unpaired) electrons. The highest BCUT2D eigenvalue weighted by atomic mass is 16.2. The number of carbonyl (C=O) groups is 1. The molecule has 2 N–H and O–H groups in total. The first-order chi connectivity index (χ1) is 4.31. The van der Waals surface area contributed by atoms with E-state index in [0.717, 1.165) is 0 Å². The fourth-order valence-corrected chi connectivity index (χ4v) is 0.301. The van der Waals surface area contributed by atoms with Gasteiger partial charge in [0.25, 0.3) is 0 Å². The molecule has 0 bridgehead atoms. The topological polar surface area (TPSA) is 41.1 Å². The van der Waals surface area contributed by atoms with Crippen LogP contribution in [0.3, 0.4) is 0 Å². The van der Waals surface area contributed by atoms with E-state index in [4.69, 9.17) is 0 Å². The Morgan fingerprint density at radius 1 is 1.67 bits per heavy atom. The molecule has 0 spiro atoms. The van der Waals surface area contributed by atoms with Crippen molar-refractivity contribution in [2.24, 2.45) is 0 Å². The van der Waals surface area contributed by atoms with Crippen molar-refractivity contribution in [2.45, 2.75) is 6.92 Å². The summed E-state index contributed by atoms with van der Waals surface area (Å²) in [4.78, 5) is 10.4. The number of hydrogen-bond acceptors (Lipinski definition) is 1. The molecule has 0 aliphatic rings. The van der Waals surface area contributed by atoms with E-state index < -0.39 is 0 Å². The second kappa shape index (κ2) is 4.98. The van der Waals surface area contributed by atoms with Crippen LogP contribution in [0.5, 0.6) is 0 Å². The molecule has 0 atom stereocenters. The Balaban J connectivity index is 3.24. The van der Waals surface area contributed by atoms with Gasteiger partial charge in [-0.05, 0) is 6.92 Å². The van der Waals surface area contributed by atoms with Crippen molar-refractivity contribution >= 4 is 6.03 Å². The minimum Gasteiger partial charge on any atom is -0.341 e. The minimum absolute atomic E-state index is 0.197. The van der Waals surface area contributed by atoms with E-state index in [9.17, 15) is 4.79 Å². The molecule has 0 fully saturated rings. The van der Waals surface area contributed by atoms with E-state index in [1.165, 1.54) is 0 Å². The maximum absolute atomic E-state index is 10.4. The largest absolute Gasteiger partial charge is 0.341 e. The summed E-state index contributed by atoms with van der Waals surface area (Å²) in [5.41, 5.74) is 0. The van der Waals surface area contributed by atoms with Crippen LogP contribution in [-0.4, -0.2) is 19.6 Å². The number of rotatable bonds is 1. The summed E-state index contributed by atoms with van der Waals surface area (Å²) in [6, 6.07) is -0.197. The Bertz CT molecular complexity index is 143. The van der Waals surface area contributed by atoms with Gasteiger partial charge in [-0.3, -0.25) is 0 Å². The van der Waals surface area contributed by atoms with Crippen LogP contribution in [0.1, 0.15) is 6.92 Å². The highest BCUT2D eigenvalue weighted by molar-refractivity contribution is 5.73. The van der Waals surface area contributed by atoms with Crippen LogP contribution in [0.15, 0.2) is 0 Å². The van der Waals surface area contributed by atoms with Gasteiger partial charge in [-0.1, -0.05) is 5.92 Å². The first-order valence-electron chi connectivity index (χ1n) is 2.66. The maximum atomic E-state index is 10.4. The number of hydrogen-bond donors (Lipinski definition) is 2. The fraction of sp³-hybridized carbons (Fsp3) is 0.500. The Morgan fingerprint density at radius 3 is 2.78 bits per heavy atom. The van der Waals surface area contributed by atoms with Crippen molar-refractivity contribution in [1.82, 2.24) is 10.6 Å². The van der Waals surface area contributed by atoms with Gasteiger partial charge in [0.05, 0.1) is 6.54 Å². The zero-order valence-electron chi connectivity index (χ0n) is 5.62. The van der Waals surface area contributed by atoms with Crippen LogP contribution in [0.4, 0.5) is 4.79 Å². The predicted molar refractivity (Wildman–Crippen MR) is 35.9 cm³/mol. The second-order valence-electron chi connectivity index (χ2n) is 1.36. The molecule has 0 saturated heterocycles. The van der Waals surface area contributed by atoms with Crippen molar-refractivity contribution in [3.8, 4) is 11.8 Å². The average Bonchev–Trinajstić information content (AvgIpc) is 1.89. The highest BCUT2D eigenvalue weighted by Gasteiger charge is 1.88. The first kappa shape index (κ1) is 7.83. The van der Waals surface area contributed by atoms with Gasteiger partial charge in [0, 0.05) is 7.05 Å². The lowest BCUT2D eigenvalue weighted by molar-refractivity contribution is 0.244. The average molecular weight is 126 g/mol.